The fourth-order valence-electron chi connectivity index (χ4n) is 4.34. The first-order valence-electron chi connectivity index (χ1n) is 10.6. The van der Waals surface area contributed by atoms with Gasteiger partial charge in [-0.2, -0.15) is 5.10 Å². The number of piperazine rings is 1. The van der Waals surface area contributed by atoms with Gasteiger partial charge in [0.15, 0.2) is 5.82 Å². The Morgan fingerprint density at radius 1 is 0.833 bits per heavy atom. The number of nitrogens with zero attached hydrogens (tertiary/aromatic N) is 6. The first-order chi connectivity index (χ1) is 14.7. The molecular weight excluding hydrogens is 376 g/mol. The fraction of sp³-hybridized carbons (Fsp3) is 0.348. The summed E-state index contributed by atoms with van der Waals surface area (Å²) in [6.45, 7) is 7.59. The second-order valence-electron chi connectivity index (χ2n) is 7.92. The highest BCUT2D eigenvalue weighted by atomic mass is 16.1. The Hall–Kier alpha value is -3.19. The molecule has 7 nitrogen and oxygen atoms in total. The summed E-state index contributed by atoms with van der Waals surface area (Å²) in [5, 5.41) is 8.47. The van der Waals surface area contributed by atoms with Gasteiger partial charge in [0.05, 0.1) is 16.7 Å². The molecule has 0 spiro atoms. The fourth-order valence-corrected chi connectivity index (χ4v) is 4.34. The van der Waals surface area contributed by atoms with E-state index in [1.165, 1.54) is 0 Å². The van der Waals surface area contributed by atoms with E-state index in [9.17, 15) is 4.79 Å². The maximum absolute atomic E-state index is 13.0. The molecule has 0 unspecified atom stereocenters. The summed E-state index contributed by atoms with van der Waals surface area (Å²) >= 11 is 0. The van der Waals surface area contributed by atoms with E-state index >= 15 is 0 Å². The first kappa shape index (κ1) is 18.8. The molecule has 0 amide bonds. The molecule has 4 heterocycles. The average molecular weight is 403 g/mol. The predicted octanol–water partition coefficient (Wildman–Crippen LogP) is 2.56. The van der Waals surface area contributed by atoms with Crippen LogP contribution >= 0.6 is 0 Å². The molecule has 0 atom stereocenters. The Morgan fingerprint density at radius 2 is 1.60 bits per heavy atom. The summed E-state index contributed by atoms with van der Waals surface area (Å²) in [5.74, 6) is 0.957. The van der Waals surface area contributed by atoms with Gasteiger partial charge >= 0.3 is 0 Å². The third kappa shape index (κ3) is 3.45. The van der Waals surface area contributed by atoms with Gasteiger partial charge < -0.3 is 13.9 Å². The van der Waals surface area contributed by atoms with Crippen molar-refractivity contribution in [2.45, 2.75) is 19.9 Å². The smallest absolute Gasteiger partial charge is 0.275 e. The highest BCUT2D eigenvalue weighted by Crippen LogP contribution is 2.16. The lowest BCUT2D eigenvalue weighted by atomic mass is 10.2. The third-order valence-electron chi connectivity index (χ3n) is 5.98. The van der Waals surface area contributed by atoms with E-state index in [0.29, 0.717) is 0 Å². The second-order valence-corrected chi connectivity index (χ2v) is 7.92. The summed E-state index contributed by atoms with van der Waals surface area (Å²) in [6.07, 6.45) is 2.91. The highest BCUT2D eigenvalue weighted by molar-refractivity contribution is 5.79. The van der Waals surface area contributed by atoms with Crippen molar-refractivity contribution in [3.8, 4) is 0 Å². The maximum atomic E-state index is 13.0. The van der Waals surface area contributed by atoms with Crippen LogP contribution in [0.15, 0.2) is 59.5 Å². The number of rotatable bonds is 5. The molecule has 3 aromatic heterocycles. The van der Waals surface area contributed by atoms with Crippen LogP contribution in [0.1, 0.15) is 12.1 Å². The van der Waals surface area contributed by atoms with Crippen molar-refractivity contribution in [1.29, 1.82) is 0 Å². The van der Waals surface area contributed by atoms with Gasteiger partial charge in [0.25, 0.3) is 5.56 Å². The predicted molar refractivity (Wildman–Crippen MR) is 119 cm³/mol. The van der Waals surface area contributed by atoms with Crippen molar-refractivity contribution < 1.29 is 0 Å². The van der Waals surface area contributed by atoms with Crippen molar-refractivity contribution in [2.24, 2.45) is 0 Å². The lowest BCUT2D eigenvalue weighted by Gasteiger charge is -2.35. The topological polar surface area (TPSA) is 58.7 Å². The van der Waals surface area contributed by atoms with Crippen LogP contribution in [0.4, 0.5) is 5.82 Å². The van der Waals surface area contributed by atoms with Gasteiger partial charge in [-0.25, -0.2) is 0 Å². The van der Waals surface area contributed by atoms with Crippen molar-refractivity contribution in [2.75, 3.05) is 37.6 Å². The first-order valence-corrected chi connectivity index (χ1v) is 10.6. The molecule has 1 aliphatic rings. The molecule has 0 aliphatic carbocycles. The van der Waals surface area contributed by atoms with E-state index in [-0.39, 0.29) is 5.56 Å². The summed E-state index contributed by atoms with van der Waals surface area (Å²) in [4.78, 5) is 17.8. The largest absolute Gasteiger partial charge is 0.353 e. The monoisotopic (exact) mass is 402 g/mol. The average Bonchev–Trinajstić information content (AvgIpc) is 3.28. The molecule has 0 N–H and O–H groups in total. The summed E-state index contributed by atoms with van der Waals surface area (Å²) in [7, 11) is 0. The molecule has 1 aromatic carbocycles. The molecule has 1 saturated heterocycles. The Kier molecular flexibility index (Phi) is 4.96. The summed E-state index contributed by atoms with van der Waals surface area (Å²) < 4.78 is 3.92. The van der Waals surface area contributed by atoms with Gasteiger partial charge in [-0.1, -0.05) is 12.1 Å². The maximum Gasteiger partial charge on any atom is 0.275 e. The van der Waals surface area contributed by atoms with Crippen molar-refractivity contribution in [3.63, 3.8) is 0 Å². The normalized spacial score (nSPS) is 15.3. The van der Waals surface area contributed by atoms with Gasteiger partial charge in [0, 0.05) is 38.9 Å². The van der Waals surface area contributed by atoms with Gasteiger partial charge in [-0.15, -0.1) is 5.10 Å². The number of aromatic nitrogens is 4. The number of anilines is 1. The van der Waals surface area contributed by atoms with Gasteiger partial charge in [0.2, 0.25) is 0 Å². The minimum Gasteiger partial charge on any atom is -0.353 e. The number of fused-ring (bicyclic) bond motifs is 3. The Bertz CT molecular complexity index is 1220. The second kappa shape index (κ2) is 7.91. The Labute approximate surface area is 175 Å². The lowest BCUT2D eigenvalue weighted by Crippen LogP contribution is -2.47. The lowest BCUT2D eigenvalue weighted by molar-refractivity contribution is 0.250. The zero-order chi connectivity index (χ0) is 20.5. The summed E-state index contributed by atoms with van der Waals surface area (Å²) in [6, 6.07) is 16.0. The SMILES string of the molecule is Cc1ccc(N2CCN(CCCn3c(=O)c4cccn4c4ccccc43)CC2)nn1. The molecule has 30 heavy (non-hydrogen) atoms. The zero-order valence-corrected chi connectivity index (χ0v) is 17.2. The molecule has 0 radical (unpaired) electrons. The van der Waals surface area contributed by atoms with Crippen LogP contribution < -0.4 is 10.5 Å². The van der Waals surface area contributed by atoms with E-state index in [1.54, 1.807) is 0 Å². The van der Waals surface area contributed by atoms with Crippen LogP contribution in [-0.2, 0) is 6.54 Å². The number of hydrogen-bond donors (Lipinski definition) is 0. The van der Waals surface area contributed by atoms with Crippen LogP contribution in [-0.4, -0.2) is 56.8 Å². The van der Waals surface area contributed by atoms with Crippen molar-refractivity contribution in [1.82, 2.24) is 24.1 Å². The Balaban J connectivity index is 1.24. The molecule has 5 rings (SSSR count). The van der Waals surface area contributed by atoms with Gasteiger partial charge in [-0.05, 0) is 56.3 Å². The van der Waals surface area contributed by atoms with Crippen LogP contribution in [0.2, 0.25) is 0 Å². The van der Waals surface area contributed by atoms with Crippen LogP contribution in [0.5, 0.6) is 0 Å². The molecule has 1 aliphatic heterocycles. The minimum atomic E-state index is 0.0847. The Morgan fingerprint density at radius 3 is 2.37 bits per heavy atom. The molecule has 0 saturated carbocycles. The van der Waals surface area contributed by atoms with Crippen LogP contribution in [0.25, 0.3) is 16.6 Å². The van der Waals surface area contributed by atoms with E-state index in [4.69, 9.17) is 0 Å². The van der Waals surface area contributed by atoms with Crippen molar-refractivity contribution in [3.05, 3.63) is 70.8 Å². The molecular formula is C23H26N6O. The molecule has 154 valence electrons. The number of hydrogen-bond acceptors (Lipinski definition) is 5. The van der Waals surface area contributed by atoms with Gasteiger partial charge in [0.1, 0.15) is 5.52 Å². The van der Waals surface area contributed by atoms with E-state index < -0.39 is 0 Å². The third-order valence-corrected chi connectivity index (χ3v) is 5.98. The standard InChI is InChI=1S/C23H26N6O/c1-18-9-10-22(25-24-18)27-16-14-26(15-17-27)11-5-13-29-20-7-3-2-6-19(20)28-12-4-8-21(28)23(29)30/h2-4,6-10,12H,5,11,13-17H2,1H3. The van der Waals surface area contributed by atoms with E-state index in [0.717, 1.165) is 73.8 Å². The molecule has 0 bridgehead atoms. The van der Waals surface area contributed by atoms with Crippen LogP contribution in [0.3, 0.4) is 0 Å². The molecule has 4 aromatic rings. The number of para-hydroxylation sites is 2. The molecule has 1 fully saturated rings. The quantitative estimate of drug-likeness (QED) is 0.514. The van der Waals surface area contributed by atoms with E-state index in [2.05, 4.69) is 26.1 Å². The summed E-state index contributed by atoms with van der Waals surface area (Å²) in [5.41, 5.74) is 3.83. The van der Waals surface area contributed by atoms with Crippen molar-refractivity contribution >= 4 is 22.4 Å². The van der Waals surface area contributed by atoms with Crippen LogP contribution in [0, 0.1) is 6.92 Å². The number of aryl methyl sites for hydroxylation is 2. The van der Waals surface area contributed by atoms with Gasteiger partial charge in [-0.3, -0.25) is 9.69 Å². The molecule has 7 heteroatoms. The zero-order valence-electron chi connectivity index (χ0n) is 17.2. The minimum absolute atomic E-state index is 0.0847. The highest BCUT2D eigenvalue weighted by Gasteiger charge is 2.18. The number of benzene rings is 1. The van der Waals surface area contributed by atoms with E-state index in [1.807, 2.05) is 64.6 Å².